The van der Waals surface area contributed by atoms with E-state index in [2.05, 4.69) is 9.47 Å². The first-order valence-electron chi connectivity index (χ1n) is 4.21. The van der Waals surface area contributed by atoms with Crippen LogP contribution >= 0.6 is 12.4 Å². The lowest BCUT2D eigenvalue weighted by Crippen LogP contribution is -2.46. The zero-order valence-electron chi connectivity index (χ0n) is 8.76. The first kappa shape index (κ1) is 17.7. The zero-order chi connectivity index (χ0) is 11.8. The van der Waals surface area contributed by atoms with Gasteiger partial charge >= 0.3 is 11.9 Å². The summed E-state index contributed by atoms with van der Waals surface area (Å²) in [5.74, 6) is -1.97. The Morgan fingerprint density at radius 2 is 1.62 bits per heavy atom. The molecule has 0 spiro atoms. The van der Waals surface area contributed by atoms with E-state index in [1.165, 1.54) is 13.8 Å². The summed E-state index contributed by atoms with van der Waals surface area (Å²) >= 11 is -2.75. The summed E-state index contributed by atoms with van der Waals surface area (Å²) in [5, 5.41) is 0. The van der Waals surface area contributed by atoms with E-state index in [9.17, 15) is 18.4 Å². The molecule has 0 saturated heterocycles. The van der Waals surface area contributed by atoms with Gasteiger partial charge < -0.3 is 14.0 Å². The Kier molecular flexibility index (Phi) is 10.5. The van der Waals surface area contributed by atoms with Crippen molar-refractivity contribution in [3.05, 3.63) is 0 Å². The SMILES string of the molecule is CCOC(=O)C(NS(=O)[O-])C(=O)OCC.Cl. The first-order chi connectivity index (χ1) is 7.02. The van der Waals surface area contributed by atoms with Gasteiger partial charge in [-0.2, -0.15) is 0 Å². The maximum Gasteiger partial charge on any atom is 0.335 e. The largest absolute Gasteiger partial charge is 0.760 e. The van der Waals surface area contributed by atoms with Crippen LogP contribution in [0.1, 0.15) is 13.8 Å². The fourth-order valence-corrected chi connectivity index (χ4v) is 1.12. The molecule has 0 aromatic heterocycles. The number of hydrogen-bond acceptors (Lipinski definition) is 6. The van der Waals surface area contributed by atoms with Gasteiger partial charge in [-0.05, 0) is 13.8 Å². The van der Waals surface area contributed by atoms with Crippen LogP contribution in [-0.2, 0) is 30.3 Å². The molecule has 0 aliphatic rings. The van der Waals surface area contributed by atoms with Crippen LogP contribution in [0.5, 0.6) is 0 Å². The van der Waals surface area contributed by atoms with Gasteiger partial charge in [-0.25, -0.2) is 14.3 Å². The fourth-order valence-electron chi connectivity index (χ4n) is 0.740. The predicted octanol–water partition coefficient (Wildman–Crippen LogP) is -0.713. The van der Waals surface area contributed by atoms with Gasteiger partial charge in [-0.15, -0.1) is 12.4 Å². The van der Waals surface area contributed by atoms with Crippen molar-refractivity contribution in [1.29, 1.82) is 0 Å². The van der Waals surface area contributed by atoms with E-state index in [-0.39, 0.29) is 25.6 Å². The van der Waals surface area contributed by atoms with Gasteiger partial charge in [0.2, 0.25) is 6.04 Å². The Bertz CT molecular complexity index is 243. The summed E-state index contributed by atoms with van der Waals surface area (Å²) in [6.45, 7) is 3.16. The number of hydrogen-bond donors (Lipinski definition) is 1. The Morgan fingerprint density at radius 3 is 1.88 bits per heavy atom. The molecule has 1 atom stereocenters. The normalized spacial score (nSPS) is 11.5. The molecule has 0 saturated carbocycles. The summed E-state index contributed by atoms with van der Waals surface area (Å²) in [4.78, 5) is 22.3. The van der Waals surface area contributed by atoms with E-state index in [0.29, 0.717) is 0 Å². The van der Waals surface area contributed by atoms with Gasteiger partial charge in [0.25, 0.3) is 0 Å². The van der Waals surface area contributed by atoms with E-state index < -0.39 is 29.2 Å². The number of carbonyl (C=O) groups excluding carboxylic acids is 2. The van der Waals surface area contributed by atoms with Gasteiger partial charge in [0.05, 0.1) is 13.2 Å². The lowest BCUT2D eigenvalue weighted by Gasteiger charge is -2.16. The highest BCUT2D eigenvalue weighted by Gasteiger charge is 2.29. The van der Waals surface area contributed by atoms with Crippen molar-refractivity contribution in [2.45, 2.75) is 19.9 Å². The van der Waals surface area contributed by atoms with Crippen molar-refractivity contribution in [3.8, 4) is 0 Å². The summed E-state index contributed by atoms with van der Waals surface area (Å²) in [6, 6.07) is -1.64. The monoisotopic (exact) mass is 274 g/mol. The quantitative estimate of drug-likeness (QED) is 0.390. The maximum absolute atomic E-state index is 11.1. The Balaban J connectivity index is 0. The number of carbonyl (C=O) groups is 2. The molecular weight excluding hydrogens is 262 g/mol. The average Bonchev–Trinajstić information content (AvgIpc) is 2.14. The number of esters is 2. The lowest BCUT2D eigenvalue weighted by molar-refractivity contribution is -0.157. The van der Waals surface area contributed by atoms with Gasteiger partial charge in [-0.1, -0.05) is 0 Å². The molecule has 0 amide bonds. The fraction of sp³-hybridized carbons (Fsp3) is 0.714. The van der Waals surface area contributed by atoms with E-state index in [4.69, 9.17) is 0 Å². The molecule has 1 N–H and O–H groups in total. The molecule has 0 rings (SSSR count). The molecular formula is C7H13ClNO6S-. The van der Waals surface area contributed by atoms with Crippen LogP contribution in [-0.4, -0.2) is 40.0 Å². The summed E-state index contributed by atoms with van der Waals surface area (Å²) in [7, 11) is 0. The van der Waals surface area contributed by atoms with Crippen molar-refractivity contribution in [3.63, 3.8) is 0 Å². The van der Waals surface area contributed by atoms with Crippen molar-refractivity contribution < 1.29 is 27.8 Å². The number of rotatable bonds is 6. The maximum atomic E-state index is 11.1. The smallest absolute Gasteiger partial charge is 0.335 e. The minimum Gasteiger partial charge on any atom is -0.760 e. The van der Waals surface area contributed by atoms with E-state index in [1.54, 1.807) is 4.72 Å². The standard InChI is InChI=1S/C7H13NO6S.ClH/c1-3-13-6(9)5(8-15(11)12)7(10)14-4-2;/h5,8H,3-4H2,1-2H3,(H,11,12);1H/p-1. The third kappa shape index (κ3) is 6.72. The van der Waals surface area contributed by atoms with Crippen LogP contribution in [0.3, 0.4) is 0 Å². The summed E-state index contributed by atoms with van der Waals surface area (Å²) in [5.41, 5.74) is 0. The van der Waals surface area contributed by atoms with E-state index >= 15 is 0 Å². The molecule has 16 heavy (non-hydrogen) atoms. The average molecular weight is 275 g/mol. The Labute approximate surface area is 102 Å². The van der Waals surface area contributed by atoms with Gasteiger partial charge in [0.15, 0.2) is 0 Å². The molecule has 7 nitrogen and oxygen atoms in total. The molecule has 0 aromatic rings. The molecule has 0 aliphatic carbocycles. The Morgan fingerprint density at radius 1 is 1.25 bits per heavy atom. The van der Waals surface area contributed by atoms with Crippen LogP contribution in [0.15, 0.2) is 0 Å². The van der Waals surface area contributed by atoms with Gasteiger partial charge in [0, 0.05) is 11.3 Å². The second kappa shape index (κ2) is 9.52. The van der Waals surface area contributed by atoms with Gasteiger partial charge in [0.1, 0.15) is 0 Å². The second-order valence-corrected chi connectivity index (χ2v) is 2.99. The van der Waals surface area contributed by atoms with Crippen molar-refractivity contribution in [2.75, 3.05) is 13.2 Å². The van der Waals surface area contributed by atoms with Crippen molar-refractivity contribution in [1.82, 2.24) is 4.72 Å². The molecule has 9 heteroatoms. The van der Waals surface area contributed by atoms with Crippen LogP contribution in [0, 0.1) is 0 Å². The molecule has 0 fully saturated rings. The van der Waals surface area contributed by atoms with Crippen LogP contribution in [0.25, 0.3) is 0 Å². The number of halogens is 1. The minimum absolute atomic E-state index is 0. The zero-order valence-corrected chi connectivity index (χ0v) is 10.4. The molecule has 1 unspecified atom stereocenters. The third-order valence-corrected chi connectivity index (χ3v) is 1.69. The molecule has 96 valence electrons. The number of nitrogens with one attached hydrogen (secondary N) is 1. The van der Waals surface area contributed by atoms with E-state index in [0.717, 1.165) is 0 Å². The molecule has 0 aromatic carbocycles. The first-order valence-corrected chi connectivity index (χ1v) is 5.29. The minimum atomic E-state index is -2.75. The molecule has 0 radical (unpaired) electrons. The van der Waals surface area contributed by atoms with Crippen LogP contribution < -0.4 is 4.72 Å². The van der Waals surface area contributed by atoms with Crippen LogP contribution in [0.2, 0.25) is 0 Å². The lowest BCUT2D eigenvalue weighted by atomic mass is 10.3. The van der Waals surface area contributed by atoms with Crippen molar-refractivity contribution in [2.24, 2.45) is 0 Å². The highest BCUT2D eigenvalue weighted by atomic mass is 35.5. The second-order valence-electron chi connectivity index (χ2n) is 2.29. The Hall–Kier alpha value is -0.700. The highest BCUT2D eigenvalue weighted by Crippen LogP contribution is 1.94. The predicted molar refractivity (Wildman–Crippen MR) is 56.4 cm³/mol. The third-order valence-electron chi connectivity index (χ3n) is 1.26. The highest BCUT2D eigenvalue weighted by molar-refractivity contribution is 7.77. The summed E-state index contributed by atoms with van der Waals surface area (Å²) < 4.78 is 31.3. The molecule has 0 aliphatic heterocycles. The van der Waals surface area contributed by atoms with Crippen LogP contribution in [0.4, 0.5) is 0 Å². The van der Waals surface area contributed by atoms with Crippen molar-refractivity contribution >= 4 is 35.6 Å². The number of ether oxygens (including phenoxy) is 2. The molecule has 0 heterocycles. The van der Waals surface area contributed by atoms with E-state index in [1.807, 2.05) is 0 Å². The molecule has 0 bridgehead atoms. The van der Waals surface area contributed by atoms with Gasteiger partial charge in [-0.3, -0.25) is 4.21 Å². The topological polar surface area (TPSA) is 105 Å². The summed E-state index contributed by atoms with van der Waals surface area (Å²) in [6.07, 6.45) is 0.